The van der Waals surface area contributed by atoms with E-state index in [0.717, 1.165) is 29.6 Å². The van der Waals surface area contributed by atoms with Gasteiger partial charge in [0.05, 0.1) is 5.69 Å². The number of rotatable bonds is 4. The largest absolute Gasteiger partial charge is 0.482 e. The summed E-state index contributed by atoms with van der Waals surface area (Å²) in [6.07, 6.45) is 3.39. The third kappa shape index (κ3) is 2.76. The van der Waals surface area contributed by atoms with Crippen molar-refractivity contribution in [3.8, 4) is 5.75 Å². The Balaban J connectivity index is 2.04. The maximum Gasteiger partial charge on any atom is 0.262 e. The van der Waals surface area contributed by atoms with Crippen molar-refractivity contribution in [1.29, 1.82) is 0 Å². The summed E-state index contributed by atoms with van der Waals surface area (Å²) >= 11 is 3.42. The molecule has 0 unspecified atom stereocenters. The molecule has 1 N–H and O–H groups in total. The van der Waals surface area contributed by atoms with Crippen LogP contribution in [0, 0.1) is 0 Å². The van der Waals surface area contributed by atoms with Gasteiger partial charge < -0.3 is 10.1 Å². The molecule has 0 aliphatic carbocycles. The predicted octanol–water partition coefficient (Wildman–Crippen LogP) is 2.74. The van der Waals surface area contributed by atoms with E-state index < -0.39 is 0 Å². The van der Waals surface area contributed by atoms with E-state index in [-0.39, 0.29) is 12.5 Å². The Morgan fingerprint density at radius 1 is 1.38 bits per heavy atom. The third-order valence-electron chi connectivity index (χ3n) is 2.53. The molecule has 4 heteroatoms. The highest BCUT2D eigenvalue weighted by molar-refractivity contribution is 9.09. The van der Waals surface area contributed by atoms with Crippen molar-refractivity contribution in [1.82, 2.24) is 0 Å². The Kier molecular flexibility index (Phi) is 3.83. The molecule has 0 bridgehead atoms. The van der Waals surface area contributed by atoms with Crippen molar-refractivity contribution >= 4 is 27.5 Å². The average Bonchev–Trinajstić information content (AvgIpc) is 2.29. The molecule has 0 atom stereocenters. The number of benzene rings is 1. The van der Waals surface area contributed by atoms with Crippen LogP contribution >= 0.6 is 15.9 Å². The van der Waals surface area contributed by atoms with Gasteiger partial charge in [-0.3, -0.25) is 4.79 Å². The number of ether oxygens (including phenoxy) is 1. The van der Waals surface area contributed by atoms with E-state index in [1.54, 1.807) is 0 Å². The molecule has 0 spiro atoms. The molecule has 3 nitrogen and oxygen atoms in total. The second-order valence-corrected chi connectivity index (χ2v) is 4.61. The minimum absolute atomic E-state index is 0.0838. The van der Waals surface area contributed by atoms with Crippen molar-refractivity contribution in [3.05, 3.63) is 23.8 Å². The van der Waals surface area contributed by atoms with Crippen molar-refractivity contribution in [3.63, 3.8) is 0 Å². The standard InChI is InChI=1S/C12H14BrNO2/c13-6-2-1-3-9-4-5-10-11(7-9)16-8-12(15)14-10/h4-5,7H,1-3,6,8H2,(H,14,15). The molecule has 1 heterocycles. The number of hydrogen-bond acceptors (Lipinski definition) is 2. The van der Waals surface area contributed by atoms with Crippen molar-refractivity contribution in [2.45, 2.75) is 19.3 Å². The number of carbonyl (C=O) groups is 1. The summed E-state index contributed by atoms with van der Waals surface area (Å²) in [6.45, 7) is 0.123. The number of halogens is 1. The van der Waals surface area contributed by atoms with Gasteiger partial charge in [0.2, 0.25) is 0 Å². The molecule has 16 heavy (non-hydrogen) atoms. The molecule has 1 aliphatic rings. The number of fused-ring (bicyclic) bond motifs is 1. The van der Waals surface area contributed by atoms with Gasteiger partial charge in [-0.2, -0.15) is 0 Å². The normalized spacial score (nSPS) is 13.9. The maximum atomic E-state index is 11.1. The number of anilines is 1. The zero-order valence-corrected chi connectivity index (χ0v) is 10.5. The topological polar surface area (TPSA) is 38.3 Å². The Morgan fingerprint density at radius 3 is 3.06 bits per heavy atom. The van der Waals surface area contributed by atoms with Gasteiger partial charge >= 0.3 is 0 Å². The molecule has 1 aromatic rings. The first-order valence-electron chi connectivity index (χ1n) is 5.41. The zero-order valence-electron chi connectivity index (χ0n) is 8.96. The quantitative estimate of drug-likeness (QED) is 0.682. The number of carbonyl (C=O) groups excluding carboxylic acids is 1. The Labute approximate surface area is 103 Å². The molecule has 0 radical (unpaired) electrons. The number of amides is 1. The lowest BCUT2D eigenvalue weighted by atomic mass is 10.1. The van der Waals surface area contributed by atoms with Crippen LogP contribution in [0.4, 0.5) is 5.69 Å². The van der Waals surface area contributed by atoms with Crippen LogP contribution in [0.1, 0.15) is 18.4 Å². The van der Waals surface area contributed by atoms with Crippen molar-refractivity contribution in [2.24, 2.45) is 0 Å². The molecule has 0 aromatic heterocycles. The van der Waals surface area contributed by atoms with Gasteiger partial charge in [0, 0.05) is 5.33 Å². The van der Waals surface area contributed by atoms with Crippen molar-refractivity contribution < 1.29 is 9.53 Å². The highest BCUT2D eigenvalue weighted by atomic mass is 79.9. The van der Waals surface area contributed by atoms with Gasteiger partial charge in [-0.1, -0.05) is 22.0 Å². The molecular weight excluding hydrogens is 270 g/mol. The first-order valence-corrected chi connectivity index (χ1v) is 6.53. The zero-order chi connectivity index (χ0) is 11.4. The van der Waals surface area contributed by atoms with Gasteiger partial charge in [-0.05, 0) is 37.0 Å². The number of unbranched alkanes of at least 4 members (excludes halogenated alkanes) is 1. The number of hydrogen-bond donors (Lipinski definition) is 1. The number of alkyl halides is 1. The summed E-state index contributed by atoms with van der Waals surface area (Å²) in [5, 5.41) is 3.83. The smallest absolute Gasteiger partial charge is 0.262 e. The molecule has 1 amide bonds. The van der Waals surface area contributed by atoms with Crippen LogP contribution < -0.4 is 10.1 Å². The summed E-state index contributed by atoms with van der Waals surface area (Å²) in [4.78, 5) is 11.1. The fourth-order valence-electron chi connectivity index (χ4n) is 1.70. The van der Waals surface area contributed by atoms with Crippen LogP contribution in [0.25, 0.3) is 0 Å². The van der Waals surface area contributed by atoms with Gasteiger partial charge in [0.25, 0.3) is 5.91 Å². The first-order chi connectivity index (χ1) is 7.79. The second kappa shape index (κ2) is 5.34. The molecular formula is C12H14BrNO2. The van der Waals surface area contributed by atoms with E-state index in [0.29, 0.717) is 0 Å². The molecule has 0 saturated heterocycles. The Bertz CT molecular complexity index is 393. The average molecular weight is 284 g/mol. The predicted molar refractivity (Wildman–Crippen MR) is 67.3 cm³/mol. The number of aryl methyl sites for hydroxylation is 1. The van der Waals surface area contributed by atoms with E-state index in [9.17, 15) is 4.79 Å². The molecule has 0 fully saturated rings. The fourth-order valence-corrected chi connectivity index (χ4v) is 2.09. The number of nitrogens with one attached hydrogen (secondary N) is 1. The molecule has 86 valence electrons. The molecule has 1 aromatic carbocycles. The molecule has 2 rings (SSSR count). The summed E-state index contributed by atoms with van der Waals surface area (Å²) < 4.78 is 5.36. The van der Waals surface area contributed by atoms with Crippen LogP contribution in [0.5, 0.6) is 5.75 Å². The first kappa shape index (κ1) is 11.5. The summed E-state index contributed by atoms with van der Waals surface area (Å²) in [5.41, 5.74) is 2.04. The minimum atomic E-state index is -0.0838. The van der Waals surface area contributed by atoms with E-state index in [2.05, 4.69) is 21.2 Å². The SMILES string of the molecule is O=C1COc2cc(CCCCBr)ccc2N1. The highest BCUT2D eigenvalue weighted by Gasteiger charge is 2.15. The fraction of sp³-hybridized carbons (Fsp3) is 0.417. The Hall–Kier alpha value is -1.03. The van der Waals surface area contributed by atoms with Gasteiger partial charge in [0.15, 0.2) is 6.61 Å². The molecule has 1 aliphatic heterocycles. The van der Waals surface area contributed by atoms with Crippen LogP contribution in [0.3, 0.4) is 0 Å². The van der Waals surface area contributed by atoms with E-state index in [1.165, 1.54) is 12.0 Å². The Morgan fingerprint density at radius 2 is 2.25 bits per heavy atom. The van der Waals surface area contributed by atoms with Gasteiger partial charge in [0.1, 0.15) is 5.75 Å². The lowest BCUT2D eigenvalue weighted by Gasteiger charge is -2.18. The summed E-state index contributed by atoms with van der Waals surface area (Å²) in [7, 11) is 0. The second-order valence-electron chi connectivity index (χ2n) is 3.81. The maximum absolute atomic E-state index is 11.1. The van der Waals surface area contributed by atoms with E-state index in [1.807, 2.05) is 18.2 Å². The van der Waals surface area contributed by atoms with Crippen LogP contribution in [-0.2, 0) is 11.2 Å². The lowest BCUT2D eigenvalue weighted by Crippen LogP contribution is -2.25. The minimum Gasteiger partial charge on any atom is -0.482 e. The third-order valence-corrected chi connectivity index (χ3v) is 3.09. The molecule has 0 saturated carbocycles. The van der Waals surface area contributed by atoms with Crippen LogP contribution in [0.2, 0.25) is 0 Å². The van der Waals surface area contributed by atoms with Crippen molar-refractivity contribution in [2.75, 3.05) is 17.3 Å². The lowest BCUT2D eigenvalue weighted by molar-refractivity contribution is -0.118. The summed E-state index contributed by atoms with van der Waals surface area (Å²) in [6, 6.07) is 5.97. The highest BCUT2D eigenvalue weighted by Crippen LogP contribution is 2.28. The summed E-state index contributed by atoms with van der Waals surface area (Å²) in [5.74, 6) is 0.704. The van der Waals surface area contributed by atoms with E-state index >= 15 is 0 Å². The van der Waals surface area contributed by atoms with Gasteiger partial charge in [-0.15, -0.1) is 0 Å². The van der Waals surface area contributed by atoms with Crippen LogP contribution in [-0.4, -0.2) is 17.8 Å². The van der Waals surface area contributed by atoms with Crippen LogP contribution in [0.15, 0.2) is 18.2 Å². The monoisotopic (exact) mass is 283 g/mol. The van der Waals surface area contributed by atoms with E-state index in [4.69, 9.17) is 4.74 Å². The van der Waals surface area contributed by atoms with Gasteiger partial charge in [-0.25, -0.2) is 0 Å².